The van der Waals surface area contributed by atoms with E-state index >= 15 is 0 Å². The highest BCUT2D eigenvalue weighted by Gasteiger charge is 2.25. The lowest BCUT2D eigenvalue weighted by Gasteiger charge is -2.20. The Hall–Kier alpha value is -0.900. The third-order valence-electron chi connectivity index (χ3n) is 2.10. The minimum absolute atomic E-state index is 0.228. The summed E-state index contributed by atoms with van der Waals surface area (Å²) in [5.74, 6) is 1.47. The second-order valence-corrected chi connectivity index (χ2v) is 3.92. The van der Waals surface area contributed by atoms with Gasteiger partial charge in [-0.15, -0.1) is 0 Å². The molecule has 1 rings (SSSR count). The van der Waals surface area contributed by atoms with Crippen molar-refractivity contribution in [3.63, 3.8) is 0 Å². The predicted molar refractivity (Wildman–Crippen MR) is 55.0 cm³/mol. The Kier molecular flexibility index (Phi) is 3.63. The van der Waals surface area contributed by atoms with Crippen molar-refractivity contribution in [2.45, 2.75) is 46.1 Å². The van der Waals surface area contributed by atoms with Crippen molar-refractivity contribution in [1.82, 2.24) is 15.5 Å². The van der Waals surface area contributed by atoms with Gasteiger partial charge in [0.05, 0.1) is 5.54 Å². The quantitative estimate of drug-likeness (QED) is 0.783. The van der Waals surface area contributed by atoms with E-state index in [4.69, 9.17) is 4.52 Å². The molecule has 1 aromatic rings. The zero-order chi connectivity index (χ0) is 10.6. The molecule has 14 heavy (non-hydrogen) atoms. The van der Waals surface area contributed by atoms with E-state index < -0.39 is 0 Å². The van der Waals surface area contributed by atoms with Crippen LogP contribution in [0.15, 0.2) is 4.52 Å². The van der Waals surface area contributed by atoms with Crippen LogP contribution in [-0.2, 0) is 12.0 Å². The summed E-state index contributed by atoms with van der Waals surface area (Å²) in [5, 5.41) is 7.23. The molecule has 0 aliphatic rings. The van der Waals surface area contributed by atoms with Crippen LogP contribution >= 0.6 is 0 Å². The lowest BCUT2D eigenvalue weighted by molar-refractivity contribution is 0.270. The van der Waals surface area contributed by atoms with Crippen LogP contribution in [0.2, 0.25) is 0 Å². The highest BCUT2D eigenvalue weighted by atomic mass is 16.5. The molecule has 0 saturated heterocycles. The molecule has 1 heterocycles. The number of aryl methyl sites for hydroxylation is 1. The number of nitrogens with zero attached hydrogens (tertiary/aromatic N) is 2. The van der Waals surface area contributed by atoms with Crippen molar-refractivity contribution in [3.8, 4) is 0 Å². The minimum Gasteiger partial charge on any atom is -0.337 e. The van der Waals surface area contributed by atoms with Gasteiger partial charge < -0.3 is 9.84 Å². The Morgan fingerprint density at radius 3 is 2.64 bits per heavy atom. The summed E-state index contributed by atoms with van der Waals surface area (Å²) in [7, 11) is 0. The van der Waals surface area contributed by atoms with Gasteiger partial charge in [-0.2, -0.15) is 4.98 Å². The van der Waals surface area contributed by atoms with Crippen LogP contribution in [0, 0.1) is 0 Å². The maximum atomic E-state index is 5.21. The maximum absolute atomic E-state index is 5.21. The number of rotatable bonds is 5. The largest absolute Gasteiger partial charge is 0.337 e. The fraction of sp³-hybridized carbons (Fsp3) is 0.800. The summed E-state index contributed by atoms with van der Waals surface area (Å²) < 4.78 is 5.21. The molecule has 0 unspecified atom stereocenters. The molecule has 0 saturated carbocycles. The van der Waals surface area contributed by atoms with Gasteiger partial charge in [-0.3, -0.25) is 0 Å². The SMILES string of the molecule is CCCc1noc(C(C)(C)NCC)n1. The molecule has 1 N–H and O–H groups in total. The summed E-state index contributed by atoms with van der Waals surface area (Å²) in [5.41, 5.74) is -0.228. The highest BCUT2D eigenvalue weighted by molar-refractivity contribution is 4.99. The van der Waals surface area contributed by atoms with Crippen LogP contribution in [-0.4, -0.2) is 16.7 Å². The Bertz CT molecular complexity index is 281. The van der Waals surface area contributed by atoms with Crippen molar-refractivity contribution in [1.29, 1.82) is 0 Å². The van der Waals surface area contributed by atoms with E-state index in [2.05, 4.69) is 29.3 Å². The standard InChI is InChI=1S/C10H19N3O/c1-5-7-8-12-9(14-13-8)10(3,4)11-6-2/h11H,5-7H2,1-4H3. The van der Waals surface area contributed by atoms with Crippen molar-refractivity contribution in [2.24, 2.45) is 0 Å². The first-order chi connectivity index (χ1) is 6.60. The third kappa shape index (κ3) is 2.54. The van der Waals surface area contributed by atoms with Gasteiger partial charge in [-0.1, -0.05) is 19.0 Å². The van der Waals surface area contributed by atoms with Crippen LogP contribution in [0.3, 0.4) is 0 Å². The van der Waals surface area contributed by atoms with Gasteiger partial charge in [0.15, 0.2) is 5.82 Å². The van der Waals surface area contributed by atoms with Gasteiger partial charge in [0.1, 0.15) is 0 Å². The molecule has 0 fully saturated rings. The van der Waals surface area contributed by atoms with Crippen LogP contribution in [0.1, 0.15) is 45.8 Å². The smallest absolute Gasteiger partial charge is 0.246 e. The first kappa shape index (κ1) is 11.2. The normalized spacial score (nSPS) is 12.0. The molecule has 0 atom stereocenters. The Balaban J connectivity index is 2.74. The fourth-order valence-electron chi connectivity index (χ4n) is 1.35. The van der Waals surface area contributed by atoms with Gasteiger partial charge in [-0.25, -0.2) is 0 Å². The van der Waals surface area contributed by atoms with Crippen molar-refractivity contribution in [3.05, 3.63) is 11.7 Å². The third-order valence-corrected chi connectivity index (χ3v) is 2.10. The summed E-state index contributed by atoms with van der Waals surface area (Å²) in [6, 6.07) is 0. The number of hydrogen-bond donors (Lipinski definition) is 1. The van der Waals surface area contributed by atoms with E-state index in [9.17, 15) is 0 Å². The van der Waals surface area contributed by atoms with E-state index in [1.807, 2.05) is 13.8 Å². The first-order valence-corrected chi connectivity index (χ1v) is 5.18. The first-order valence-electron chi connectivity index (χ1n) is 5.18. The Morgan fingerprint density at radius 1 is 1.36 bits per heavy atom. The molecule has 0 aliphatic carbocycles. The van der Waals surface area contributed by atoms with Crippen LogP contribution in [0.4, 0.5) is 0 Å². The molecule has 80 valence electrons. The van der Waals surface area contributed by atoms with Gasteiger partial charge in [-0.05, 0) is 26.8 Å². The van der Waals surface area contributed by atoms with Gasteiger partial charge in [0, 0.05) is 6.42 Å². The second-order valence-electron chi connectivity index (χ2n) is 3.92. The molecule has 4 heteroatoms. The van der Waals surface area contributed by atoms with Crippen LogP contribution < -0.4 is 5.32 Å². The molecule has 1 aromatic heterocycles. The van der Waals surface area contributed by atoms with Crippen LogP contribution in [0.25, 0.3) is 0 Å². The average molecular weight is 197 g/mol. The molecule has 0 spiro atoms. The zero-order valence-electron chi connectivity index (χ0n) is 9.42. The van der Waals surface area contributed by atoms with Gasteiger partial charge in [0.25, 0.3) is 0 Å². The fourth-order valence-corrected chi connectivity index (χ4v) is 1.35. The molecule has 0 radical (unpaired) electrons. The summed E-state index contributed by atoms with van der Waals surface area (Å²) in [6.07, 6.45) is 1.92. The maximum Gasteiger partial charge on any atom is 0.246 e. The van der Waals surface area contributed by atoms with Crippen molar-refractivity contribution in [2.75, 3.05) is 6.54 Å². The lowest BCUT2D eigenvalue weighted by atomic mass is 10.1. The lowest BCUT2D eigenvalue weighted by Crippen LogP contribution is -2.36. The van der Waals surface area contributed by atoms with E-state index in [-0.39, 0.29) is 5.54 Å². The molecule has 0 bridgehead atoms. The van der Waals surface area contributed by atoms with E-state index in [1.165, 1.54) is 0 Å². The summed E-state index contributed by atoms with van der Waals surface area (Å²) >= 11 is 0. The summed E-state index contributed by atoms with van der Waals surface area (Å²) in [4.78, 5) is 4.35. The Morgan fingerprint density at radius 2 is 2.07 bits per heavy atom. The Labute approximate surface area is 85.1 Å². The highest BCUT2D eigenvalue weighted by Crippen LogP contribution is 2.17. The zero-order valence-corrected chi connectivity index (χ0v) is 9.42. The monoisotopic (exact) mass is 197 g/mol. The average Bonchev–Trinajstić information content (AvgIpc) is 2.54. The van der Waals surface area contributed by atoms with E-state index in [1.54, 1.807) is 0 Å². The predicted octanol–water partition coefficient (Wildman–Crippen LogP) is 1.87. The van der Waals surface area contributed by atoms with E-state index in [0.29, 0.717) is 5.89 Å². The molecule has 0 aromatic carbocycles. The van der Waals surface area contributed by atoms with Crippen molar-refractivity contribution >= 4 is 0 Å². The molecular formula is C10H19N3O. The van der Waals surface area contributed by atoms with Crippen LogP contribution in [0.5, 0.6) is 0 Å². The van der Waals surface area contributed by atoms with Gasteiger partial charge in [0.2, 0.25) is 5.89 Å². The number of hydrogen-bond acceptors (Lipinski definition) is 4. The molecule has 4 nitrogen and oxygen atoms in total. The van der Waals surface area contributed by atoms with Gasteiger partial charge >= 0.3 is 0 Å². The molecule has 0 amide bonds. The minimum atomic E-state index is -0.228. The summed E-state index contributed by atoms with van der Waals surface area (Å²) in [6.45, 7) is 9.13. The number of aromatic nitrogens is 2. The number of nitrogens with one attached hydrogen (secondary N) is 1. The van der Waals surface area contributed by atoms with Crippen molar-refractivity contribution < 1.29 is 4.52 Å². The van der Waals surface area contributed by atoms with E-state index in [0.717, 1.165) is 25.2 Å². The molecular weight excluding hydrogens is 178 g/mol. The second kappa shape index (κ2) is 4.55. The topological polar surface area (TPSA) is 51.0 Å². The molecule has 0 aliphatic heterocycles.